The monoisotopic (exact) mass is 270 g/mol. The first kappa shape index (κ1) is 11.1. The summed E-state index contributed by atoms with van der Waals surface area (Å²) < 4.78 is 13.4. The van der Waals surface area contributed by atoms with E-state index in [4.69, 9.17) is 0 Å². The highest BCUT2D eigenvalue weighted by Crippen LogP contribution is 2.31. The Labute approximate surface area is 99.0 Å². The van der Waals surface area contributed by atoms with Crippen molar-refractivity contribution >= 4 is 15.9 Å². The lowest BCUT2D eigenvalue weighted by Gasteiger charge is -2.25. The Hall–Kier alpha value is -0.370. The second-order valence-corrected chi connectivity index (χ2v) is 5.72. The number of hydrogen-bond acceptors (Lipinski definition) is 0. The van der Waals surface area contributed by atoms with Gasteiger partial charge in [0.25, 0.3) is 0 Å². The third-order valence-corrected chi connectivity index (χ3v) is 4.02. The number of benzene rings is 1. The van der Waals surface area contributed by atoms with E-state index < -0.39 is 0 Å². The molecule has 2 rings (SSSR count). The molecule has 2 heteroatoms. The molecule has 0 saturated heterocycles. The van der Waals surface area contributed by atoms with Crippen molar-refractivity contribution in [2.75, 3.05) is 0 Å². The van der Waals surface area contributed by atoms with E-state index in [2.05, 4.69) is 15.9 Å². The highest BCUT2D eigenvalue weighted by Gasteiger charge is 2.20. The summed E-state index contributed by atoms with van der Waals surface area (Å²) in [5.41, 5.74) is 0.879. The average Bonchev–Trinajstić information content (AvgIpc) is 2.22. The Kier molecular flexibility index (Phi) is 3.79. The largest absolute Gasteiger partial charge is 0.207 e. The highest BCUT2D eigenvalue weighted by atomic mass is 79.9. The molecule has 2 atom stereocenters. The maximum absolute atomic E-state index is 13.4. The van der Waals surface area contributed by atoms with E-state index >= 15 is 0 Å². The second kappa shape index (κ2) is 5.11. The van der Waals surface area contributed by atoms with Crippen LogP contribution in [0.25, 0.3) is 0 Å². The van der Waals surface area contributed by atoms with Gasteiger partial charge in [-0.25, -0.2) is 4.39 Å². The first-order chi connectivity index (χ1) is 7.25. The summed E-state index contributed by atoms with van der Waals surface area (Å²) in [6.07, 6.45) is 5.88. The van der Waals surface area contributed by atoms with Crippen LogP contribution in [0, 0.1) is 11.7 Å². The third kappa shape index (κ3) is 3.04. The second-order valence-electron chi connectivity index (χ2n) is 4.43. The first-order valence-corrected chi connectivity index (χ1v) is 6.55. The van der Waals surface area contributed by atoms with E-state index in [0.717, 1.165) is 12.0 Å². The molecular formula is C13H16BrF. The van der Waals surface area contributed by atoms with E-state index in [1.165, 1.54) is 25.7 Å². The van der Waals surface area contributed by atoms with Crippen LogP contribution >= 0.6 is 15.9 Å². The molecule has 0 N–H and O–H groups in total. The molecule has 2 unspecified atom stereocenters. The molecule has 0 heterocycles. The van der Waals surface area contributed by atoms with Gasteiger partial charge in [0.05, 0.1) is 0 Å². The summed E-state index contributed by atoms with van der Waals surface area (Å²) in [4.78, 5) is 0.642. The minimum atomic E-state index is -0.0470. The summed E-state index contributed by atoms with van der Waals surface area (Å²) in [7, 11) is 0. The topological polar surface area (TPSA) is 0 Å². The molecule has 0 aliphatic heterocycles. The lowest BCUT2D eigenvalue weighted by atomic mass is 9.85. The smallest absolute Gasteiger partial charge is 0.126 e. The van der Waals surface area contributed by atoms with E-state index in [1.807, 2.05) is 12.1 Å². The molecule has 1 aliphatic rings. The SMILES string of the molecule is Fc1ccccc1CC1CCCC(Br)C1. The minimum Gasteiger partial charge on any atom is -0.207 e. The van der Waals surface area contributed by atoms with Crippen LogP contribution in [0.4, 0.5) is 4.39 Å². The summed E-state index contributed by atoms with van der Waals surface area (Å²) in [6, 6.07) is 7.15. The van der Waals surface area contributed by atoms with Gasteiger partial charge in [-0.05, 0) is 36.8 Å². The number of rotatable bonds is 2. The van der Waals surface area contributed by atoms with E-state index in [1.54, 1.807) is 12.1 Å². The van der Waals surface area contributed by atoms with Gasteiger partial charge in [-0.3, -0.25) is 0 Å². The fourth-order valence-electron chi connectivity index (χ4n) is 2.39. The van der Waals surface area contributed by atoms with Crippen molar-refractivity contribution in [1.29, 1.82) is 0 Å². The van der Waals surface area contributed by atoms with Gasteiger partial charge in [0.1, 0.15) is 5.82 Å². The fourth-order valence-corrected chi connectivity index (χ4v) is 3.24. The van der Waals surface area contributed by atoms with Crippen LogP contribution in [0.2, 0.25) is 0 Å². The van der Waals surface area contributed by atoms with Crippen LogP contribution in [0.5, 0.6) is 0 Å². The Morgan fingerprint density at radius 3 is 2.80 bits per heavy atom. The van der Waals surface area contributed by atoms with E-state index in [-0.39, 0.29) is 5.82 Å². The molecular weight excluding hydrogens is 255 g/mol. The molecule has 1 aromatic carbocycles. The summed E-state index contributed by atoms with van der Waals surface area (Å²) >= 11 is 3.67. The Balaban J connectivity index is 1.99. The molecule has 0 aromatic heterocycles. The van der Waals surface area contributed by atoms with Crippen LogP contribution in [-0.2, 0) is 6.42 Å². The van der Waals surface area contributed by atoms with Gasteiger partial charge in [-0.2, -0.15) is 0 Å². The lowest BCUT2D eigenvalue weighted by molar-refractivity contribution is 0.364. The molecule has 1 aliphatic carbocycles. The van der Waals surface area contributed by atoms with Crippen LogP contribution < -0.4 is 0 Å². The van der Waals surface area contributed by atoms with Crippen LogP contribution in [0.15, 0.2) is 24.3 Å². The number of alkyl halides is 1. The van der Waals surface area contributed by atoms with Crippen LogP contribution in [0.1, 0.15) is 31.2 Å². The quantitative estimate of drug-likeness (QED) is 0.703. The van der Waals surface area contributed by atoms with Crippen molar-refractivity contribution in [3.05, 3.63) is 35.6 Å². The van der Waals surface area contributed by atoms with Crippen molar-refractivity contribution in [2.24, 2.45) is 5.92 Å². The maximum Gasteiger partial charge on any atom is 0.126 e. The van der Waals surface area contributed by atoms with Gasteiger partial charge in [0.2, 0.25) is 0 Å². The predicted molar refractivity (Wildman–Crippen MR) is 64.8 cm³/mol. The molecule has 1 aromatic rings. The summed E-state index contributed by atoms with van der Waals surface area (Å²) in [5, 5.41) is 0. The van der Waals surface area contributed by atoms with Crippen molar-refractivity contribution in [2.45, 2.75) is 36.9 Å². The van der Waals surface area contributed by atoms with Gasteiger partial charge in [-0.15, -0.1) is 0 Å². The Morgan fingerprint density at radius 1 is 1.27 bits per heavy atom. The molecule has 0 radical (unpaired) electrons. The molecule has 0 bridgehead atoms. The first-order valence-electron chi connectivity index (χ1n) is 5.63. The minimum absolute atomic E-state index is 0.0470. The molecule has 0 spiro atoms. The maximum atomic E-state index is 13.4. The standard InChI is InChI=1S/C13H16BrF/c14-12-6-3-4-10(9-12)8-11-5-1-2-7-13(11)15/h1-2,5,7,10,12H,3-4,6,8-9H2. The van der Waals surface area contributed by atoms with Crippen LogP contribution in [-0.4, -0.2) is 4.83 Å². The summed E-state index contributed by atoms with van der Waals surface area (Å²) in [6.45, 7) is 0. The zero-order valence-electron chi connectivity index (χ0n) is 8.76. The molecule has 0 amide bonds. The highest BCUT2D eigenvalue weighted by molar-refractivity contribution is 9.09. The predicted octanol–water partition coefficient (Wildman–Crippen LogP) is 4.32. The lowest BCUT2D eigenvalue weighted by Crippen LogP contribution is -2.17. The van der Waals surface area contributed by atoms with Gasteiger partial charge in [-0.1, -0.05) is 47.0 Å². The van der Waals surface area contributed by atoms with Gasteiger partial charge < -0.3 is 0 Å². The van der Waals surface area contributed by atoms with Gasteiger partial charge >= 0.3 is 0 Å². The normalized spacial score (nSPS) is 26.5. The average molecular weight is 271 g/mol. The van der Waals surface area contributed by atoms with E-state index in [9.17, 15) is 4.39 Å². The third-order valence-electron chi connectivity index (χ3n) is 3.19. The van der Waals surface area contributed by atoms with Gasteiger partial charge in [0.15, 0.2) is 0 Å². The number of halogens is 2. The molecule has 1 fully saturated rings. The summed E-state index contributed by atoms with van der Waals surface area (Å²) in [5.74, 6) is 0.606. The Bertz CT molecular complexity index is 324. The van der Waals surface area contributed by atoms with Crippen molar-refractivity contribution in [3.8, 4) is 0 Å². The Morgan fingerprint density at radius 2 is 2.07 bits per heavy atom. The fraction of sp³-hybridized carbons (Fsp3) is 0.538. The van der Waals surface area contributed by atoms with Crippen molar-refractivity contribution in [1.82, 2.24) is 0 Å². The van der Waals surface area contributed by atoms with Gasteiger partial charge in [0, 0.05) is 4.83 Å². The zero-order chi connectivity index (χ0) is 10.7. The molecule has 15 heavy (non-hydrogen) atoms. The van der Waals surface area contributed by atoms with Crippen molar-refractivity contribution in [3.63, 3.8) is 0 Å². The zero-order valence-corrected chi connectivity index (χ0v) is 10.3. The molecule has 1 saturated carbocycles. The van der Waals surface area contributed by atoms with E-state index in [0.29, 0.717) is 10.7 Å². The van der Waals surface area contributed by atoms with Crippen LogP contribution in [0.3, 0.4) is 0 Å². The molecule has 82 valence electrons. The molecule has 0 nitrogen and oxygen atoms in total. The number of hydrogen-bond donors (Lipinski definition) is 0. The van der Waals surface area contributed by atoms with Crippen molar-refractivity contribution < 1.29 is 4.39 Å².